The van der Waals surface area contributed by atoms with Crippen molar-refractivity contribution in [1.82, 2.24) is 10.5 Å². The molecule has 4 nitrogen and oxygen atoms in total. The molecule has 0 saturated carbocycles. The molecule has 0 radical (unpaired) electrons. The Morgan fingerprint density at radius 2 is 2.26 bits per heavy atom. The smallest absolute Gasteiger partial charge is 0.168 e. The Balaban J connectivity index is 1.67. The van der Waals surface area contributed by atoms with E-state index in [1.54, 1.807) is 0 Å². The van der Waals surface area contributed by atoms with Crippen LogP contribution in [0.15, 0.2) is 34.9 Å². The highest BCUT2D eigenvalue weighted by molar-refractivity contribution is 6.33. The maximum atomic E-state index is 6.13. The van der Waals surface area contributed by atoms with E-state index in [2.05, 4.69) is 10.5 Å². The number of rotatable bonds is 4. The van der Waals surface area contributed by atoms with Gasteiger partial charge in [-0.1, -0.05) is 28.9 Å². The second kappa shape index (κ2) is 5.74. The van der Waals surface area contributed by atoms with E-state index in [4.69, 9.17) is 20.9 Å². The first-order valence-corrected chi connectivity index (χ1v) is 6.72. The average molecular weight is 279 g/mol. The molecule has 1 fully saturated rings. The van der Waals surface area contributed by atoms with Gasteiger partial charge in [-0.15, -0.1) is 0 Å². The summed E-state index contributed by atoms with van der Waals surface area (Å²) in [4.78, 5) is 0. The molecule has 0 spiro atoms. The molecule has 19 heavy (non-hydrogen) atoms. The van der Waals surface area contributed by atoms with E-state index < -0.39 is 0 Å². The summed E-state index contributed by atoms with van der Waals surface area (Å²) in [6.45, 7) is 2.29. The molecule has 3 rings (SSSR count). The number of nitrogens with one attached hydrogen (secondary N) is 1. The molecule has 1 aliphatic heterocycles. The number of hydrogen-bond donors (Lipinski definition) is 1. The summed E-state index contributed by atoms with van der Waals surface area (Å²) in [7, 11) is 0. The van der Waals surface area contributed by atoms with Crippen LogP contribution in [0.25, 0.3) is 11.3 Å². The molecule has 5 heteroatoms. The number of benzene rings is 1. The van der Waals surface area contributed by atoms with Crippen LogP contribution in [0.5, 0.6) is 0 Å². The standard InChI is InChI=1S/C14H15ClN2O2/c15-13-4-2-1-3-12(13)14-7-11(17-19-14)8-16-10-5-6-18-9-10/h1-4,7,10,16H,5-6,8-9H2. The van der Waals surface area contributed by atoms with Gasteiger partial charge in [0, 0.05) is 30.8 Å². The second-order valence-corrected chi connectivity index (χ2v) is 5.01. The molecule has 1 atom stereocenters. The van der Waals surface area contributed by atoms with Crippen LogP contribution in [0.1, 0.15) is 12.1 Å². The van der Waals surface area contributed by atoms with Crippen molar-refractivity contribution in [2.24, 2.45) is 0 Å². The van der Waals surface area contributed by atoms with Gasteiger partial charge in [0.1, 0.15) is 0 Å². The maximum absolute atomic E-state index is 6.13. The summed E-state index contributed by atoms with van der Waals surface area (Å²) in [5, 5.41) is 8.12. The highest BCUT2D eigenvalue weighted by atomic mass is 35.5. The third kappa shape index (κ3) is 2.97. The van der Waals surface area contributed by atoms with E-state index >= 15 is 0 Å². The summed E-state index contributed by atoms with van der Waals surface area (Å²) >= 11 is 6.13. The van der Waals surface area contributed by atoms with Gasteiger partial charge in [0.2, 0.25) is 0 Å². The van der Waals surface area contributed by atoms with Crippen LogP contribution in [-0.4, -0.2) is 24.4 Å². The lowest BCUT2D eigenvalue weighted by atomic mass is 10.1. The minimum absolute atomic E-state index is 0.417. The lowest BCUT2D eigenvalue weighted by Gasteiger charge is -2.07. The van der Waals surface area contributed by atoms with Gasteiger partial charge in [-0.3, -0.25) is 0 Å². The van der Waals surface area contributed by atoms with Gasteiger partial charge in [0.15, 0.2) is 5.76 Å². The normalized spacial score (nSPS) is 18.9. The Bertz CT molecular complexity index is 550. The van der Waals surface area contributed by atoms with E-state index in [1.165, 1.54) is 0 Å². The molecule has 1 aromatic carbocycles. The van der Waals surface area contributed by atoms with Crippen molar-refractivity contribution >= 4 is 11.6 Å². The highest BCUT2D eigenvalue weighted by Gasteiger charge is 2.16. The van der Waals surface area contributed by atoms with Crippen molar-refractivity contribution in [3.63, 3.8) is 0 Å². The molecule has 0 amide bonds. The maximum Gasteiger partial charge on any atom is 0.168 e. The lowest BCUT2D eigenvalue weighted by molar-refractivity contribution is 0.189. The van der Waals surface area contributed by atoms with E-state index in [-0.39, 0.29) is 0 Å². The largest absolute Gasteiger partial charge is 0.380 e. The molecule has 0 aliphatic carbocycles. The fourth-order valence-electron chi connectivity index (χ4n) is 2.13. The van der Waals surface area contributed by atoms with Gasteiger partial charge in [-0.2, -0.15) is 0 Å². The Labute approximate surface area is 116 Å². The Morgan fingerprint density at radius 1 is 1.37 bits per heavy atom. The first-order valence-electron chi connectivity index (χ1n) is 6.34. The van der Waals surface area contributed by atoms with Gasteiger partial charge in [-0.05, 0) is 18.6 Å². The van der Waals surface area contributed by atoms with E-state index in [9.17, 15) is 0 Å². The molecule has 2 aromatic rings. The van der Waals surface area contributed by atoms with Gasteiger partial charge in [0.05, 0.1) is 17.3 Å². The molecular formula is C14H15ClN2O2. The third-order valence-electron chi connectivity index (χ3n) is 3.20. The van der Waals surface area contributed by atoms with Crippen molar-refractivity contribution in [1.29, 1.82) is 0 Å². The van der Waals surface area contributed by atoms with Gasteiger partial charge >= 0.3 is 0 Å². The van der Waals surface area contributed by atoms with E-state index in [0.29, 0.717) is 23.4 Å². The quantitative estimate of drug-likeness (QED) is 0.934. The van der Waals surface area contributed by atoms with Crippen LogP contribution >= 0.6 is 11.6 Å². The van der Waals surface area contributed by atoms with Crippen molar-refractivity contribution in [3.8, 4) is 11.3 Å². The molecule has 0 bridgehead atoms. The van der Waals surface area contributed by atoms with Gasteiger partial charge < -0.3 is 14.6 Å². The number of aromatic nitrogens is 1. The van der Waals surface area contributed by atoms with E-state index in [0.717, 1.165) is 30.9 Å². The minimum Gasteiger partial charge on any atom is -0.380 e. The minimum atomic E-state index is 0.417. The topological polar surface area (TPSA) is 47.3 Å². The highest BCUT2D eigenvalue weighted by Crippen LogP contribution is 2.27. The van der Waals surface area contributed by atoms with Crippen molar-refractivity contribution in [3.05, 3.63) is 41.0 Å². The van der Waals surface area contributed by atoms with Crippen LogP contribution in [-0.2, 0) is 11.3 Å². The second-order valence-electron chi connectivity index (χ2n) is 4.60. The van der Waals surface area contributed by atoms with Crippen LogP contribution in [0.3, 0.4) is 0 Å². The van der Waals surface area contributed by atoms with Crippen molar-refractivity contribution < 1.29 is 9.26 Å². The molecule has 1 unspecified atom stereocenters. The Morgan fingerprint density at radius 3 is 3.05 bits per heavy atom. The molecule has 1 aliphatic rings. The molecule has 1 N–H and O–H groups in total. The summed E-state index contributed by atoms with van der Waals surface area (Å²) in [5.41, 5.74) is 1.74. The molecular weight excluding hydrogens is 264 g/mol. The van der Waals surface area contributed by atoms with Crippen LogP contribution in [0.4, 0.5) is 0 Å². The fourth-order valence-corrected chi connectivity index (χ4v) is 2.36. The zero-order valence-corrected chi connectivity index (χ0v) is 11.2. The van der Waals surface area contributed by atoms with E-state index in [1.807, 2.05) is 30.3 Å². The van der Waals surface area contributed by atoms with Crippen LogP contribution < -0.4 is 5.32 Å². The summed E-state index contributed by atoms with van der Waals surface area (Å²) in [6.07, 6.45) is 1.05. The Kier molecular flexibility index (Phi) is 3.82. The zero-order chi connectivity index (χ0) is 13.1. The monoisotopic (exact) mass is 278 g/mol. The Hall–Kier alpha value is -1.36. The van der Waals surface area contributed by atoms with Crippen LogP contribution in [0, 0.1) is 0 Å². The number of halogens is 1. The summed E-state index contributed by atoms with van der Waals surface area (Å²) in [5.74, 6) is 0.699. The third-order valence-corrected chi connectivity index (χ3v) is 3.53. The summed E-state index contributed by atoms with van der Waals surface area (Å²) < 4.78 is 10.7. The number of nitrogens with zero attached hydrogens (tertiary/aromatic N) is 1. The predicted octanol–water partition coefficient (Wildman–Crippen LogP) is 2.87. The van der Waals surface area contributed by atoms with Gasteiger partial charge in [-0.25, -0.2) is 0 Å². The molecule has 1 aromatic heterocycles. The number of hydrogen-bond acceptors (Lipinski definition) is 4. The number of ether oxygens (including phenoxy) is 1. The first-order chi connectivity index (χ1) is 9.33. The van der Waals surface area contributed by atoms with Crippen molar-refractivity contribution in [2.45, 2.75) is 19.0 Å². The van der Waals surface area contributed by atoms with Crippen molar-refractivity contribution in [2.75, 3.05) is 13.2 Å². The zero-order valence-electron chi connectivity index (χ0n) is 10.4. The lowest BCUT2D eigenvalue weighted by Crippen LogP contribution is -2.28. The van der Waals surface area contributed by atoms with Crippen LogP contribution in [0.2, 0.25) is 5.02 Å². The molecule has 2 heterocycles. The fraction of sp³-hybridized carbons (Fsp3) is 0.357. The molecule has 1 saturated heterocycles. The van der Waals surface area contributed by atoms with Gasteiger partial charge in [0.25, 0.3) is 0 Å². The molecule has 100 valence electrons. The summed E-state index contributed by atoms with van der Waals surface area (Å²) in [6, 6.07) is 9.92. The predicted molar refractivity (Wildman–Crippen MR) is 73.0 cm³/mol. The average Bonchev–Trinajstić information content (AvgIpc) is 3.08. The SMILES string of the molecule is Clc1ccccc1-c1cc(CNC2CCOC2)no1. The first kappa shape index (κ1) is 12.7.